The van der Waals surface area contributed by atoms with Crippen LogP contribution >= 0.6 is 0 Å². The zero-order valence-electron chi connectivity index (χ0n) is 7.59. The molecule has 2 aliphatic rings. The van der Waals surface area contributed by atoms with Crippen LogP contribution < -0.4 is 0 Å². The molecule has 0 N–H and O–H groups in total. The van der Waals surface area contributed by atoms with Crippen molar-refractivity contribution >= 4 is 5.78 Å². The van der Waals surface area contributed by atoms with E-state index in [0.717, 1.165) is 38.4 Å². The van der Waals surface area contributed by atoms with Crippen molar-refractivity contribution in [2.75, 3.05) is 19.6 Å². The Hall–Kier alpha value is -0.370. The first-order valence-corrected chi connectivity index (χ1v) is 5.08. The Kier molecular flexibility index (Phi) is 2.45. The van der Waals surface area contributed by atoms with Crippen molar-refractivity contribution in [1.29, 1.82) is 0 Å². The summed E-state index contributed by atoms with van der Waals surface area (Å²) in [4.78, 5) is 13.4. The summed E-state index contributed by atoms with van der Waals surface area (Å²) >= 11 is 0. The molecule has 2 fully saturated rings. The molecule has 0 spiro atoms. The summed E-state index contributed by atoms with van der Waals surface area (Å²) in [6.07, 6.45) is 6.10. The van der Waals surface area contributed by atoms with E-state index in [1.807, 2.05) is 0 Å². The van der Waals surface area contributed by atoms with Crippen LogP contribution in [0.25, 0.3) is 0 Å². The van der Waals surface area contributed by atoms with Gasteiger partial charge in [-0.25, -0.2) is 0 Å². The number of hydrogen-bond donors (Lipinski definition) is 0. The molecule has 1 aliphatic carbocycles. The van der Waals surface area contributed by atoms with E-state index in [1.165, 1.54) is 19.3 Å². The van der Waals surface area contributed by atoms with E-state index in [1.54, 1.807) is 0 Å². The molecule has 2 rings (SSSR count). The predicted molar refractivity (Wildman–Crippen MR) is 48.0 cm³/mol. The Morgan fingerprint density at radius 3 is 2.92 bits per heavy atom. The van der Waals surface area contributed by atoms with Crippen molar-refractivity contribution in [2.45, 2.75) is 32.1 Å². The van der Waals surface area contributed by atoms with Gasteiger partial charge in [-0.15, -0.1) is 0 Å². The Morgan fingerprint density at radius 2 is 2.25 bits per heavy atom. The van der Waals surface area contributed by atoms with Crippen molar-refractivity contribution in [3.05, 3.63) is 0 Å². The van der Waals surface area contributed by atoms with Crippen LogP contribution in [0.15, 0.2) is 0 Å². The molecule has 0 aromatic heterocycles. The van der Waals surface area contributed by atoms with E-state index in [0.29, 0.717) is 5.78 Å². The maximum Gasteiger partial charge on any atom is 0.146 e. The van der Waals surface area contributed by atoms with Crippen LogP contribution in [0.1, 0.15) is 32.1 Å². The van der Waals surface area contributed by atoms with Crippen LogP contribution in [-0.4, -0.2) is 30.3 Å². The highest BCUT2D eigenvalue weighted by molar-refractivity contribution is 5.81. The fourth-order valence-electron chi connectivity index (χ4n) is 1.87. The SMILES string of the molecule is O=C1CCCN(CCC2CC2)C1. The molecule has 1 saturated carbocycles. The van der Waals surface area contributed by atoms with Crippen LogP contribution in [0.4, 0.5) is 0 Å². The summed E-state index contributed by atoms with van der Waals surface area (Å²) < 4.78 is 0. The molecule has 2 nitrogen and oxygen atoms in total. The molecule has 1 aliphatic heterocycles. The van der Waals surface area contributed by atoms with Crippen molar-refractivity contribution in [3.63, 3.8) is 0 Å². The summed E-state index contributed by atoms with van der Waals surface area (Å²) in [5.74, 6) is 1.44. The lowest BCUT2D eigenvalue weighted by atomic mass is 10.1. The molecule has 0 unspecified atom stereocenters. The Morgan fingerprint density at radius 1 is 1.42 bits per heavy atom. The second-order valence-corrected chi connectivity index (χ2v) is 4.15. The Labute approximate surface area is 73.9 Å². The minimum atomic E-state index is 0.442. The van der Waals surface area contributed by atoms with Gasteiger partial charge in [0.2, 0.25) is 0 Å². The first kappa shape index (κ1) is 8.24. The number of rotatable bonds is 3. The van der Waals surface area contributed by atoms with Crippen LogP contribution in [0.5, 0.6) is 0 Å². The minimum Gasteiger partial charge on any atom is -0.298 e. The van der Waals surface area contributed by atoms with Gasteiger partial charge < -0.3 is 0 Å². The molecule has 0 radical (unpaired) electrons. The molecule has 2 heteroatoms. The number of Topliss-reactive ketones (excluding diaryl/α,β-unsaturated/α-hetero) is 1. The molecule has 68 valence electrons. The summed E-state index contributed by atoms with van der Waals surface area (Å²) in [5, 5.41) is 0. The van der Waals surface area contributed by atoms with Crippen molar-refractivity contribution in [2.24, 2.45) is 5.92 Å². The number of carbonyl (C=O) groups excluding carboxylic acids is 1. The minimum absolute atomic E-state index is 0.442. The predicted octanol–water partition coefficient (Wildman–Crippen LogP) is 1.45. The topological polar surface area (TPSA) is 20.3 Å². The third-order valence-corrected chi connectivity index (χ3v) is 2.88. The normalized spacial score (nSPS) is 26.2. The smallest absolute Gasteiger partial charge is 0.146 e. The molecular formula is C10H17NO. The zero-order chi connectivity index (χ0) is 8.39. The largest absolute Gasteiger partial charge is 0.298 e. The second-order valence-electron chi connectivity index (χ2n) is 4.15. The third kappa shape index (κ3) is 2.31. The average Bonchev–Trinajstić information content (AvgIpc) is 2.84. The summed E-state index contributed by atoms with van der Waals surface area (Å²) in [6, 6.07) is 0. The highest BCUT2D eigenvalue weighted by Crippen LogP contribution is 2.32. The summed E-state index contributed by atoms with van der Waals surface area (Å²) in [7, 11) is 0. The Bertz CT molecular complexity index is 175. The van der Waals surface area contributed by atoms with Gasteiger partial charge in [0.15, 0.2) is 0 Å². The van der Waals surface area contributed by atoms with E-state index in [4.69, 9.17) is 0 Å². The first-order chi connectivity index (χ1) is 5.84. The molecule has 0 aromatic carbocycles. The first-order valence-electron chi connectivity index (χ1n) is 5.08. The zero-order valence-corrected chi connectivity index (χ0v) is 7.59. The molecular weight excluding hydrogens is 150 g/mol. The van der Waals surface area contributed by atoms with Crippen LogP contribution in [0.2, 0.25) is 0 Å². The lowest BCUT2D eigenvalue weighted by Crippen LogP contribution is -2.36. The average molecular weight is 167 g/mol. The molecule has 0 amide bonds. The Balaban J connectivity index is 1.67. The van der Waals surface area contributed by atoms with Gasteiger partial charge >= 0.3 is 0 Å². The maximum absolute atomic E-state index is 11.1. The lowest BCUT2D eigenvalue weighted by molar-refractivity contribution is -0.122. The molecule has 0 aromatic rings. The maximum atomic E-state index is 11.1. The molecule has 1 saturated heterocycles. The quantitative estimate of drug-likeness (QED) is 0.634. The molecule has 0 bridgehead atoms. The van der Waals surface area contributed by atoms with Crippen molar-refractivity contribution in [1.82, 2.24) is 4.90 Å². The summed E-state index contributed by atoms with van der Waals surface area (Å²) in [6.45, 7) is 3.04. The van der Waals surface area contributed by atoms with Gasteiger partial charge in [-0.2, -0.15) is 0 Å². The van der Waals surface area contributed by atoms with Crippen LogP contribution in [0.3, 0.4) is 0 Å². The van der Waals surface area contributed by atoms with Gasteiger partial charge in [0.05, 0.1) is 6.54 Å². The van der Waals surface area contributed by atoms with E-state index < -0.39 is 0 Å². The summed E-state index contributed by atoms with van der Waals surface area (Å²) in [5.41, 5.74) is 0. The van der Waals surface area contributed by atoms with Gasteiger partial charge in [-0.3, -0.25) is 9.69 Å². The van der Waals surface area contributed by atoms with E-state index in [9.17, 15) is 4.79 Å². The van der Waals surface area contributed by atoms with Crippen molar-refractivity contribution < 1.29 is 4.79 Å². The fraction of sp³-hybridized carbons (Fsp3) is 0.900. The van der Waals surface area contributed by atoms with E-state index in [2.05, 4.69) is 4.90 Å². The number of piperidine rings is 1. The van der Waals surface area contributed by atoms with Gasteiger partial charge in [0, 0.05) is 6.42 Å². The monoisotopic (exact) mass is 167 g/mol. The highest BCUT2D eigenvalue weighted by Gasteiger charge is 2.23. The number of hydrogen-bond acceptors (Lipinski definition) is 2. The number of carbonyl (C=O) groups is 1. The third-order valence-electron chi connectivity index (χ3n) is 2.88. The van der Waals surface area contributed by atoms with Crippen LogP contribution in [0, 0.1) is 5.92 Å². The molecule has 1 heterocycles. The number of nitrogens with zero attached hydrogens (tertiary/aromatic N) is 1. The van der Waals surface area contributed by atoms with Crippen LogP contribution in [-0.2, 0) is 4.79 Å². The number of likely N-dealkylation sites (tertiary alicyclic amines) is 1. The van der Waals surface area contributed by atoms with Gasteiger partial charge in [-0.05, 0) is 31.8 Å². The van der Waals surface area contributed by atoms with Gasteiger partial charge in [-0.1, -0.05) is 12.8 Å². The van der Waals surface area contributed by atoms with E-state index >= 15 is 0 Å². The highest BCUT2D eigenvalue weighted by atomic mass is 16.1. The van der Waals surface area contributed by atoms with Gasteiger partial charge in [0.1, 0.15) is 5.78 Å². The van der Waals surface area contributed by atoms with Gasteiger partial charge in [0.25, 0.3) is 0 Å². The molecule has 12 heavy (non-hydrogen) atoms. The second kappa shape index (κ2) is 3.56. The van der Waals surface area contributed by atoms with E-state index in [-0.39, 0.29) is 0 Å². The lowest BCUT2D eigenvalue weighted by Gasteiger charge is -2.25. The van der Waals surface area contributed by atoms with Crippen molar-refractivity contribution in [3.8, 4) is 0 Å². The number of ketones is 1. The molecule has 0 atom stereocenters. The fourth-order valence-corrected chi connectivity index (χ4v) is 1.87. The standard InChI is InChI=1S/C10H17NO/c12-10-2-1-6-11(8-10)7-5-9-3-4-9/h9H,1-8H2.